The Morgan fingerprint density at radius 2 is 1.61 bits per heavy atom. The summed E-state index contributed by atoms with van der Waals surface area (Å²) in [4.78, 5) is 16.1. The van der Waals surface area contributed by atoms with Gasteiger partial charge in [0.05, 0.1) is 0 Å². The molecule has 0 fully saturated rings. The molecule has 0 amide bonds. The fourth-order valence-electron chi connectivity index (χ4n) is 1.87. The number of hydrogen-bond acceptors (Lipinski definition) is 2. The van der Waals surface area contributed by atoms with Crippen molar-refractivity contribution in [1.82, 2.24) is 4.98 Å². The third-order valence-electron chi connectivity index (χ3n) is 3.30. The Morgan fingerprint density at radius 1 is 1.06 bits per heavy atom. The minimum absolute atomic E-state index is 0.0492. The topological polar surface area (TPSA) is 30.0 Å². The summed E-state index contributed by atoms with van der Waals surface area (Å²) in [6, 6.07) is 11.4. The van der Waals surface area contributed by atoms with E-state index in [9.17, 15) is 4.79 Å². The van der Waals surface area contributed by atoms with Crippen LogP contribution in [0, 0.1) is 0 Å². The Hall–Kier alpha value is -1.96. The molecule has 1 atom stereocenters. The molecule has 1 unspecified atom stereocenters. The average Bonchev–Trinajstić information content (AvgIpc) is 2.47. The van der Waals surface area contributed by atoms with Crippen LogP contribution in [-0.2, 0) is 0 Å². The Labute approximate surface area is 108 Å². The van der Waals surface area contributed by atoms with Gasteiger partial charge in [-0.2, -0.15) is 0 Å². The number of carbonyl (C=O) groups excluding carboxylic acids is 1. The third-order valence-corrected chi connectivity index (χ3v) is 3.30. The smallest absolute Gasteiger partial charge is 0.193 e. The summed E-state index contributed by atoms with van der Waals surface area (Å²) >= 11 is 0. The predicted molar refractivity (Wildman–Crippen MR) is 72.8 cm³/mol. The Morgan fingerprint density at radius 3 is 2.17 bits per heavy atom. The molecule has 0 aliphatic heterocycles. The highest BCUT2D eigenvalue weighted by Crippen LogP contribution is 2.19. The summed E-state index contributed by atoms with van der Waals surface area (Å²) < 4.78 is 0. The third kappa shape index (κ3) is 2.65. The van der Waals surface area contributed by atoms with Gasteiger partial charge in [0, 0.05) is 23.5 Å². The van der Waals surface area contributed by atoms with Crippen LogP contribution < -0.4 is 0 Å². The lowest BCUT2D eigenvalue weighted by Gasteiger charge is -2.09. The van der Waals surface area contributed by atoms with E-state index >= 15 is 0 Å². The molecule has 2 rings (SSSR count). The van der Waals surface area contributed by atoms with Gasteiger partial charge in [0.25, 0.3) is 0 Å². The van der Waals surface area contributed by atoms with Gasteiger partial charge in [-0.1, -0.05) is 38.1 Å². The Kier molecular flexibility index (Phi) is 3.88. The van der Waals surface area contributed by atoms with Crippen molar-refractivity contribution >= 4 is 5.78 Å². The Balaban J connectivity index is 2.22. The average molecular weight is 239 g/mol. The van der Waals surface area contributed by atoms with Gasteiger partial charge in [0.1, 0.15) is 0 Å². The first-order chi connectivity index (χ1) is 8.72. The summed E-state index contributed by atoms with van der Waals surface area (Å²) in [7, 11) is 0. The van der Waals surface area contributed by atoms with Crippen LogP contribution in [0.2, 0.25) is 0 Å². The van der Waals surface area contributed by atoms with Crippen LogP contribution in [-0.4, -0.2) is 10.8 Å². The van der Waals surface area contributed by atoms with Crippen molar-refractivity contribution in [2.24, 2.45) is 0 Å². The molecule has 0 N–H and O–H groups in total. The number of benzene rings is 1. The molecule has 2 heteroatoms. The van der Waals surface area contributed by atoms with Crippen molar-refractivity contribution in [2.45, 2.75) is 26.2 Å². The molecule has 2 nitrogen and oxygen atoms in total. The van der Waals surface area contributed by atoms with E-state index < -0.39 is 0 Å². The number of ketones is 1. The highest BCUT2D eigenvalue weighted by molar-refractivity contribution is 6.08. The number of carbonyl (C=O) groups is 1. The summed E-state index contributed by atoms with van der Waals surface area (Å²) in [6.45, 7) is 4.36. The fraction of sp³-hybridized carbons (Fsp3) is 0.250. The van der Waals surface area contributed by atoms with E-state index in [1.54, 1.807) is 24.5 Å². The van der Waals surface area contributed by atoms with Crippen molar-refractivity contribution in [2.75, 3.05) is 0 Å². The van der Waals surface area contributed by atoms with Crippen LogP contribution in [0.25, 0.3) is 0 Å². The zero-order valence-corrected chi connectivity index (χ0v) is 10.8. The quantitative estimate of drug-likeness (QED) is 0.759. The maximum atomic E-state index is 12.2. The van der Waals surface area contributed by atoms with Gasteiger partial charge in [-0.15, -0.1) is 0 Å². The fourth-order valence-corrected chi connectivity index (χ4v) is 1.87. The van der Waals surface area contributed by atoms with Gasteiger partial charge >= 0.3 is 0 Å². The molecule has 1 aromatic carbocycles. The van der Waals surface area contributed by atoms with Crippen LogP contribution in [0.15, 0.2) is 48.8 Å². The molecular weight excluding hydrogens is 222 g/mol. The van der Waals surface area contributed by atoms with Gasteiger partial charge in [0.15, 0.2) is 5.78 Å². The second-order valence-electron chi connectivity index (χ2n) is 4.50. The molecule has 0 aliphatic rings. The highest BCUT2D eigenvalue weighted by atomic mass is 16.1. The van der Waals surface area contributed by atoms with Crippen LogP contribution in [0.3, 0.4) is 0 Å². The Bertz CT molecular complexity index is 517. The molecule has 0 saturated heterocycles. The van der Waals surface area contributed by atoms with Crippen LogP contribution >= 0.6 is 0 Å². The lowest BCUT2D eigenvalue weighted by Crippen LogP contribution is -2.01. The van der Waals surface area contributed by atoms with Gasteiger partial charge in [-0.25, -0.2) is 0 Å². The molecule has 0 bridgehead atoms. The van der Waals surface area contributed by atoms with Crippen molar-refractivity contribution in [1.29, 1.82) is 0 Å². The predicted octanol–water partition coefficient (Wildman–Crippen LogP) is 3.83. The molecular formula is C16H17NO. The van der Waals surface area contributed by atoms with Crippen molar-refractivity contribution < 1.29 is 4.79 Å². The van der Waals surface area contributed by atoms with Gasteiger partial charge in [-0.05, 0) is 30.0 Å². The van der Waals surface area contributed by atoms with E-state index in [1.807, 2.05) is 24.3 Å². The van der Waals surface area contributed by atoms with Crippen molar-refractivity contribution in [3.63, 3.8) is 0 Å². The lowest BCUT2D eigenvalue weighted by molar-refractivity contribution is 0.103. The first-order valence-electron chi connectivity index (χ1n) is 6.27. The summed E-state index contributed by atoms with van der Waals surface area (Å²) in [6.07, 6.45) is 4.39. The number of aromatic nitrogens is 1. The largest absolute Gasteiger partial charge is 0.289 e. The normalized spacial score (nSPS) is 12.1. The van der Waals surface area contributed by atoms with E-state index in [4.69, 9.17) is 0 Å². The molecule has 0 saturated carbocycles. The lowest BCUT2D eigenvalue weighted by atomic mass is 9.96. The van der Waals surface area contributed by atoms with E-state index in [0.29, 0.717) is 11.5 Å². The zero-order valence-electron chi connectivity index (χ0n) is 10.8. The standard InChI is InChI=1S/C16H17NO/c1-3-12(2)13-4-6-14(7-5-13)16(18)15-8-10-17-11-9-15/h4-12H,3H2,1-2H3. The molecule has 0 radical (unpaired) electrons. The van der Waals surface area contributed by atoms with Gasteiger partial charge < -0.3 is 0 Å². The van der Waals surface area contributed by atoms with Crippen molar-refractivity contribution in [3.8, 4) is 0 Å². The molecule has 92 valence electrons. The van der Waals surface area contributed by atoms with E-state index in [2.05, 4.69) is 18.8 Å². The number of nitrogens with zero attached hydrogens (tertiary/aromatic N) is 1. The van der Waals surface area contributed by atoms with E-state index in [0.717, 1.165) is 12.0 Å². The van der Waals surface area contributed by atoms with Crippen molar-refractivity contribution in [3.05, 3.63) is 65.5 Å². The molecule has 0 spiro atoms. The van der Waals surface area contributed by atoms with E-state index in [-0.39, 0.29) is 5.78 Å². The van der Waals surface area contributed by atoms with Crippen LogP contribution in [0.5, 0.6) is 0 Å². The second kappa shape index (κ2) is 5.58. The molecule has 1 aromatic heterocycles. The number of rotatable bonds is 4. The minimum atomic E-state index is 0.0492. The SMILES string of the molecule is CCC(C)c1ccc(C(=O)c2ccncc2)cc1. The highest BCUT2D eigenvalue weighted by Gasteiger charge is 2.09. The summed E-state index contributed by atoms with van der Waals surface area (Å²) in [5, 5.41) is 0. The van der Waals surface area contributed by atoms with Crippen LogP contribution in [0.1, 0.15) is 47.7 Å². The first-order valence-corrected chi connectivity index (χ1v) is 6.27. The maximum Gasteiger partial charge on any atom is 0.193 e. The molecule has 1 heterocycles. The van der Waals surface area contributed by atoms with E-state index in [1.165, 1.54) is 5.56 Å². The minimum Gasteiger partial charge on any atom is -0.289 e. The number of hydrogen-bond donors (Lipinski definition) is 0. The maximum absolute atomic E-state index is 12.2. The summed E-state index contributed by atoms with van der Waals surface area (Å²) in [5.41, 5.74) is 2.69. The monoisotopic (exact) mass is 239 g/mol. The van der Waals surface area contributed by atoms with Crippen LogP contribution in [0.4, 0.5) is 0 Å². The second-order valence-corrected chi connectivity index (χ2v) is 4.50. The summed E-state index contributed by atoms with van der Waals surface area (Å²) in [5.74, 6) is 0.586. The molecule has 18 heavy (non-hydrogen) atoms. The molecule has 2 aromatic rings. The number of pyridine rings is 1. The first kappa shape index (κ1) is 12.5. The van der Waals surface area contributed by atoms with Gasteiger partial charge in [0.2, 0.25) is 0 Å². The van der Waals surface area contributed by atoms with Gasteiger partial charge in [-0.3, -0.25) is 9.78 Å². The zero-order chi connectivity index (χ0) is 13.0. The molecule has 0 aliphatic carbocycles.